The Kier molecular flexibility index (Phi) is 15.3. The molecule has 0 amide bonds. The fourth-order valence-corrected chi connectivity index (χ4v) is 8.29. The lowest BCUT2D eigenvalue weighted by Gasteiger charge is -2.51. The molecule has 332 valence electrons. The van der Waals surface area contributed by atoms with Crippen molar-refractivity contribution in [1.82, 2.24) is 0 Å². The zero-order chi connectivity index (χ0) is 43.5. The summed E-state index contributed by atoms with van der Waals surface area (Å²) in [6, 6.07) is 49.5. The molecule has 4 unspecified atom stereocenters. The Morgan fingerprint density at radius 3 is 1.51 bits per heavy atom. The average molecular weight is 859 g/mol. The van der Waals surface area contributed by atoms with Gasteiger partial charge in [-0.05, 0) is 47.7 Å². The summed E-state index contributed by atoms with van der Waals surface area (Å²) in [4.78, 5) is 0. The Balaban J connectivity index is 1.11. The Morgan fingerprint density at radius 1 is 0.571 bits per heavy atom. The number of rotatable bonds is 21. The van der Waals surface area contributed by atoms with Crippen LogP contribution in [0.25, 0.3) is 0 Å². The molecular formula is C52H58O11. The van der Waals surface area contributed by atoms with E-state index in [4.69, 9.17) is 47.4 Å². The van der Waals surface area contributed by atoms with Gasteiger partial charge in [0.15, 0.2) is 12.1 Å². The molecule has 0 spiro atoms. The van der Waals surface area contributed by atoms with Crippen LogP contribution in [0.15, 0.2) is 164 Å². The number of aliphatic hydroxyl groups is 1. The van der Waals surface area contributed by atoms with Crippen LogP contribution in [0.1, 0.15) is 41.7 Å². The quantitative estimate of drug-likeness (QED) is 0.0724. The summed E-state index contributed by atoms with van der Waals surface area (Å²) in [5.41, 5.74) is 4.84. The van der Waals surface area contributed by atoms with Crippen LogP contribution in [0.2, 0.25) is 0 Å². The molecule has 0 radical (unpaired) electrons. The highest BCUT2D eigenvalue weighted by Crippen LogP contribution is 2.42. The van der Waals surface area contributed by atoms with Crippen molar-refractivity contribution in [3.05, 3.63) is 192 Å². The van der Waals surface area contributed by atoms with Crippen LogP contribution in [-0.4, -0.2) is 85.0 Å². The van der Waals surface area contributed by atoms with Crippen LogP contribution in [0.5, 0.6) is 0 Å². The van der Waals surface area contributed by atoms with Gasteiger partial charge >= 0.3 is 0 Å². The number of fused-ring (bicyclic) bond motifs is 1. The molecule has 3 saturated heterocycles. The lowest BCUT2D eigenvalue weighted by Crippen LogP contribution is -2.67. The molecule has 3 aliphatic rings. The van der Waals surface area contributed by atoms with E-state index in [2.05, 4.69) is 6.58 Å². The second-order valence-corrected chi connectivity index (χ2v) is 16.5. The zero-order valence-electron chi connectivity index (χ0n) is 35.9. The van der Waals surface area contributed by atoms with Crippen molar-refractivity contribution in [2.45, 2.75) is 114 Å². The van der Waals surface area contributed by atoms with Crippen molar-refractivity contribution >= 4 is 0 Å². The van der Waals surface area contributed by atoms with Crippen LogP contribution >= 0.6 is 0 Å². The molecule has 3 fully saturated rings. The van der Waals surface area contributed by atoms with Gasteiger partial charge in [0.25, 0.3) is 0 Å². The average Bonchev–Trinajstić information content (AvgIpc) is 3.81. The first-order valence-electron chi connectivity index (χ1n) is 21.7. The van der Waals surface area contributed by atoms with Crippen LogP contribution in [0.3, 0.4) is 0 Å². The Hall–Kier alpha value is -4.60. The number of hydrogen-bond acceptors (Lipinski definition) is 11. The first-order chi connectivity index (χ1) is 30.8. The van der Waals surface area contributed by atoms with Crippen LogP contribution < -0.4 is 0 Å². The highest BCUT2D eigenvalue weighted by Gasteiger charge is 2.59. The number of aliphatic hydroxyl groups excluding tert-OH is 1. The molecule has 3 aliphatic heterocycles. The van der Waals surface area contributed by atoms with Gasteiger partial charge in [-0.1, -0.05) is 158 Å². The number of hydrogen-bond donors (Lipinski definition) is 1. The molecule has 0 saturated carbocycles. The van der Waals surface area contributed by atoms with E-state index >= 15 is 0 Å². The van der Waals surface area contributed by atoms with Crippen molar-refractivity contribution in [2.75, 3.05) is 13.2 Å². The third-order valence-electron chi connectivity index (χ3n) is 11.4. The molecule has 0 aliphatic carbocycles. The van der Waals surface area contributed by atoms with Crippen molar-refractivity contribution < 1.29 is 52.5 Å². The number of benzene rings is 5. The maximum absolute atomic E-state index is 12.1. The predicted octanol–water partition coefficient (Wildman–Crippen LogP) is 8.08. The fraction of sp³-hybridized carbons (Fsp3) is 0.385. The van der Waals surface area contributed by atoms with E-state index in [9.17, 15) is 5.11 Å². The molecule has 10 atom stereocenters. The van der Waals surface area contributed by atoms with Crippen LogP contribution in [-0.2, 0) is 80.4 Å². The molecular weight excluding hydrogens is 801 g/mol. The number of ether oxygens (including phenoxy) is 10. The van der Waals surface area contributed by atoms with Gasteiger partial charge in [-0.15, -0.1) is 0 Å². The topological polar surface area (TPSA) is 113 Å². The standard InChI is InChI=1S/C52H58O11/c1-4-52(59-35-42(53)44-46(56-32-39-24-14-7-15-25-39)48-50(60-44)63-51(2,3)62-48)49(58-34-41-28-18-9-19-29-41)47(57-33-40-26-16-8-17-27-40)45(55-31-38-22-12-6-13-23-38)43(61-52)36-54-30-37-20-10-5-11-21-37/h4-29,42-50,53H,1,30-36H2,2-3H3/t42?,43?,44-,45-,46-,47+,48?,49?,50-,52+/m1/s1. The minimum absolute atomic E-state index is 0.113. The Bertz CT molecular complexity index is 2110. The molecule has 3 heterocycles. The second-order valence-electron chi connectivity index (χ2n) is 16.5. The summed E-state index contributed by atoms with van der Waals surface area (Å²) in [6.07, 6.45) is -5.79. The molecule has 5 aromatic carbocycles. The molecule has 5 aromatic rings. The van der Waals surface area contributed by atoms with Gasteiger partial charge in [-0.25, -0.2) is 0 Å². The van der Waals surface area contributed by atoms with E-state index in [1.165, 1.54) is 0 Å². The van der Waals surface area contributed by atoms with Crippen molar-refractivity contribution in [3.63, 3.8) is 0 Å². The lowest BCUT2D eigenvalue weighted by atomic mass is 9.91. The molecule has 63 heavy (non-hydrogen) atoms. The maximum Gasteiger partial charge on any atom is 0.217 e. The molecule has 0 aromatic heterocycles. The minimum atomic E-state index is -1.69. The third kappa shape index (κ3) is 11.6. The van der Waals surface area contributed by atoms with Crippen LogP contribution in [0, 0.1) is 0 Å². The van der Waals surface area contributed by atoms with Gasteiger partial charge in [-0.2, -0.15) is 0 Å². The van der Waals surface area contributed by atoms with E-state index < -0.39 is 66.7 Å². The minimum Gasteiger partial charge on any atom is -0.388 e. The second kappa shape index (κ2) is 21.4. The van der Waals surface area contributed by atoms with E-state index in [1.807, 2.05) is 166 Å². The summed E-state index contributed by atoms with van der Waals surface area (Å²) >= 11 is 0. The first-order valence-corrected chi connectivity index (χ1v) is 21.7. The van der Waals surface area contributed by atoms with E-state index in [0.717, 1.165) is 27.8 Å². The van der Waals surface area contributed by atoms with Crippen LogP contribution in [0.4, 0.5) is 0 Å². The monoisotopic (exact) mass is 858 g/mol. The first kappa shape index (κ1) is 45.0. The lowest BCUT2D eigenvalue weighted by molar-refractivity contribution is -0.368. The van der Waals surface area contributed by atoms with Gasteiger partial charge in [0.2, 0.25) is 5.79 Å². The van der Waals surface area contributed by atoms with Gasteiger partial charge in [-0.3, -0.25) is 0 Å². The summed E-state index contributed by atoms with van der Waals surface area (Å²) in [6.45, 7) is 9.08. The third-order valence-corrected chi connectivity index (χ3v) is 11.4. The normalized spacial score (nSPS) is 28.0. The van der Waals surface area contributed by atoms with E-state index in [-0.39, 0.29) is 39.6 Å². The SMILES string of the molecule is C=C[C@]1(OCC(O)[C@H]2O[C@@H]3OC(C)(C)OC3[C@@H]2OCc2ccccc2)OC(COCc2ccccc2)[C@@H](OCc2ccccc2)[C@H](OCc2ccccc2)C1OCc1ccccc1. The summed E-state index contributed by atoms with van der Waals surface area (Å²) in [5, 5.41) is 12.1. The van der Waals surface area contributed by atoms with Gasteiger partial charge in [0.1, 0.15) is 48.8 Å². The van der Waals surface area contributed by atoms with Crippen molar-refractivity contribution in [2.24, 2.45) is 0 Å². The Morgan fingerprint density at radius 2 is 1.02 bits per heavy atom. The molecule has 8 rings (SSSR count). The smallest absolute Gasteiger partial charge is 0.217 e. The molecule has 0 bridgehead atoms. The molecule has 1 N–H and O–H groups in total. The zero-order valence-corrected chi connectivity index (χ0v) is 35.9. The van der Waals surface area contributed by atoms with Gasteiger partial charge in [0, 0.05) is 0 Å². The highest BCUT2D eigenvalue weighted by atomic mass is 16.8. The summed E-state index contributed by atoms with van der Waals surface area (Å²) in [5.74, 6) is -2.58. The maximum atomic E-state index is 12.1. The molecule has 11 nitrogen and oxygen atoms in total. The fourth-order valence-electron chi connectivity index (χ4n) is 8.29. The highest BCUT2D eigenvalue weighted by molar-refractivity contribution is 5.18. The van der Waals surface area contributed by atoms with Gasteiger partial charge in [0.05, 0.1) is 46.2 Å². The van der Waals surface area contributed by atoms with E-state index in [1.54, 1.807) is 6.08 Å². The van der Waals surface area contributed by atoms with Crippen molar-refractivity contribution in [3.8, 4) is 0 Å². The van der Waals surface area contributed by atoms with Crippen molar-refractivity contribution in [1.29, 1.82) is 0 Å². The predicted molar refractivity (Wildman–Crippen MR) is 235 cm³/mol. The van der Waals surface area contributed by atoms with Gasteiger partial charge < -0.3 is 52.5 Å². The largest absolute Gasteiger partial charge is 0.388 e. The summed E-state index contributed by atoms with van der Waals surface area (Å²) < 4.78 is 66.2. The van der Waals surface area contributed by atoms with E-state index in [0.29, 0.717) is 6.61 Å². The molecule has 11 heteroatoms. The Labute approximate surface area is 370 Å². The summed E-state index contributed by atoms with van der Waals surface area (Å²) in [7, 11) is 0.